The van der Waals surface area contributed by atoms with Gasteiger partial charge in [0.1, 0.15) is 5.01 Å². The van der Waals surface area contributed by atoms with E-state index in [0.29, 0.717) is 27.9 Å². The highest BCUT2D eigenvalue weighted by molar-refractivity contribution is 7.15. The van der Waals surface area contributed by atoms with Crippen molar-refractivity contribution in [1.82, 2.24) is 10.2 Å². The number of rotatable bonds is 7. The normalized spacial score (nSPS) is 11.6. The summed E-state index contributed by atoms with van der Waals surface area (Å²) in [5, 5.41) is 15.2. The molecule has 0 aliphatic heterocycles. The smallest absolute Gasteiger partial charge is 0.257 e. The van der Waals surface area contributed by atoms with Gasteiger partial charge in [-0.15, -0.1) is 10.2 Å². The number of hydrogen-bond donors (Lipinski definition) is 2. The fourth-order valence-electron chi connectivity index (χ4n) is 2.74. The van der Waals surface area contributed by atoms with Crippen LogP contribution in [0.3, 0.4) is 0 Å². The molecule has 28 heavy (non-hydrogen) atoms. The Hall–Kier alpha value is -3.06. The SMILES string of the molecule is CCC[C@H](C)c1nnc(NC(=O)c2cccc(NC(=O)c3ccccc3)c2)s1. The summed E-state index contributed by atoms with van der Waals surface area (Å²) in [4.78, 5) is 24.8. The highest BCUT2D eigenvalue weighted by Gasteiger charge is 2.14. The lowest BCUT2D eigenvalue weighted by Gasteiger charge is -2.07. The summed E-state index contributed by atoms with van der Waals surface area (Å²) in [5.74, 6) is -0.192. The summed E-state index contributed by atoms with van der Waals surface area (Å²) >= 11 is 1.39. The van der Waals surface area contributed by atoms with Crippen molar-refractivity contribution in [3.63, 3.8) is 0 Å². The molecule has 0 spiro atoms. The van der Waals surface area contributed by atoms with Crippen molar-refractivity contribution >= 4 is 34.0 Å². The lowest BCUT2D eigenvalue weighted by atomic mass is 10.1. The Balaban J connectivity index is 1.66. The minimum Gasteiger partial charge on any atom is -0.322 e. The predicted molar refractivity (Wildman–Crippen MR) is 112 cm³/mol. The molecule has 6 nitrogen and oxygen atoms in total. The van der Waals surface area contributed by atoms with Gasteiger partial charge in [0.2, 0.25) is 5.13 Å². The third-order valence-electron chi connectivity index (χ3n) is 4.22. The molecule has 2 N–H and O–H groups in total. The van der Waals surface area contributed by atoms with Gasteiger partial charge in [0, 0.05) is 22.7 Å². The number of amides is 2. The van der Waals surface area contributed by atoms with Crippen LogP contribution in [0.5, 0.6) is 0 Å². The largest absolute Gasteiger partial charge is 0.322 e. The molecule has 0 saturated carbocycles. The van der Waals surface area contributed by atoms with Crippen LogP contribution in [-0.2, 0) is 0 Å². The van der Waals surface area contributed by atoms with Crippen LogP contribution in [0.25, 0.3) is 0 Å². The summed E-state index contributed by atoms with van der Waals surface area (Å²) in [5.41, 5.74) is 1.54. The van der Waals surface area contributed by atoms with Gasteiger partial charge in [0.05, 0.1) is 0 Å². The van der Waals surface area contributed by atoms with Crippen LogP contribution in [0.15, 0.2) is 54.6 Å². The Labute approximate surface area is 168 Å². The van der Waals surface area contributed by atoms with E-state index in [1.807, 2.05) is 6.07 Å². The molecular formula is C21H22N4O2S. The lowest BCUT2D eigenvalue weighted by molar-refractivity contribution is 0.101. The van der Waals surface area contributed by atoms with Gasteiger partial charge in [-0.25, -0.2) is 0 Å². The van der Waals surface area contributed by atoms with Crippen molar-refractivity contribution in [2.75, 3.05) is 10.6 Å². The topological polar surface area (TPSA) is 84.0 Å². The average Bonchev–Trinajstić information content (AvgIpc) is 3.17. The number of hydrogen-bond acceptors (Lipinski definition) is 5. The van der Waals surface area contributed by atoms with Crippen molar-refractivity contribution in [2.24, 2.45) is 0 Å². The molecule has 7 heteroatoms. The van der Waals surface area contributed by atoms with E-state index in [-0.39, 0.29) is 11.8 Å². The first-order chi connectivity index (χ1) is 13.6. The van der Waals surface area contributed by atoms with Crippen LogP contribution in [0.2, 0.25) is 0 Å². The van der Waals surface area contributed by atoms with Gasteiger partial charge in [-0.2, -0.15) is 0 Å². The number of carbonyl (C=O) groups excluding carboxylic acids is 2. The molecule has 2 amide bonds. The molecule has 1 heterocycles. The van der Waals surface area contributed by atoms with Crippen molar-refractivity contribution in [2.45, 2.75) is 32.6 Å². The third kappa shape index (κ3) is 5.01. The van der Waals surface area contributed by atoms with Crippen molar-refractivity contribution in [3.05, 3.63) is 70.7 Å². The van der Waals surface area contributed by atoms with Gasteiger partial charge < -0.3 is 5.32 Å². The molecule has 144 valence electrons. The van der Waals surface area contributed by atoms with Crippen molar-refractivity contribution in [1.29, 1.82) is 0 Å². The van der Waals surface area contributed by atoms with E-state index in [2.05, 4.69) is 34.7 Å². The van der Waals surface area contributed by atoms with Crippen LogP contribution >= 0.6 is 11.3 Å². The standard InChI is InChI=1S/C21H22N4O2S/c1-3-8-14(2)20-24-25-21(28-20)23-19(27)16-11-7-12-17(13-16)22-18(26)15-9-5-4-6-10-15/h4-7,9-14H,3,8H2,1-2H3,(H,22,26)(H,23,25,27)/t14-/m0/s1. The first-order valence-electron chi connectivity index (χ1n) is 9.18. The van der Waals surface area contributed by atoms with Crippen LogP contribution in [0.1, 0.15) is 58.3 Å². The number of benzene rings is 2. The first-order valence-corrected chi connectivity index (χ1v) is 9.99. The number of carbonyl (C=O) groups is 2. The van der Waals surface area contributed by atoms with E-state index in [0.717, 1.165) is 17.8 Å². The minimum atomic E-state index is -0.290. The zero-order valence-electron chi connectivity index (χ0n) is 15.8. The number of nitrogens with zero attached hydrogens (tertiary/aromatic N) is 2. The van der Waals surface area contributed by atoms with Gasteiger partial charge in [0.15, 0.2) is 0 Å². The lowest BCUT2D eigenvalue weighted by Crippen LogP contribution is -2.14. The maximum absolute atomic E-state index is 12.5. The van der Waals surface area contributed by atoms with Crippen molar-refractivity contribution < 1.29 is 9.59 Å². The second-order valence-corrected chi connectivity index (χ2v) is 7.50. The monoisotopic (exact) mass is 394 g/mol. The molecule has 0 saturated heterocycles. The molecule has 2 aromatic carbocycles. The Kier molecular flexibility index (Phi) is 6.49. The summed E-state index contributed by atoms with van der Waals surface area (Å²) in [6, 6.07) is 15.7. The fourth-order valence-corrected chi connectivity index (χ4v) is 3.57. The minimum absolute atomic E-state index is 0.225. The van der Waals surface area contributed by atoms with E-state index in [9.17, 15) is 9.59 Å². The number of nitrogens with one attached hydrogen (secondary N) is 2. The molecule has 0 fully saturated rings. The molecule has 0 aliphatic carbocycles. The maximum Gasteiger partial charge on any atom is 0.257 e. The molecule has 3 aromatic rings. The Morgan fingerprint density at radius 1 is 0.964 bits per heavy atom. The van der Waals surface area contributed by atoms with Gasteiger partial charge in [-0.3, -0.25) is 14.9 Å². The van der Waals surface area contributed by atoms with Gasteiger partial charge in [-0.1, -0.05) is 55.9 Å². The second-order valence-electron chi connectivity index (χ2n) is 6.49. The van der Waals surface area contributed by atoms with Crippen LogP contribution < -0.4 is 10.6 Å². The maximum atomic E-state index is 12.5. The number of aromatic nitrogens is 2. The van der Waals surface area contributed by atoms with E-state index in [1.54, 1.807) is 48.5 Å². The summed E-state index contributed by atoms with van der Waals surface area (Å²) in [6.07, 6.45) is 2.11. The zero-order chi connectivity index (χ0) is 19.9. The summed E-state index contributed by atoms with van der Waals surface area (Å²) in [6.45, 7) is 4.23. The van der Waals surface area contributed by atoms with Crippen molar-refractivity contribution in [3.8, 4) is 0 Å². The average molecular weight is 395 g/mol. The molecule has 0 radical (unpaired) electrons. The van der Waals surface area contributed by atoms with E-state index in [1.165, 1.54) is 11.3 Å². The Morgan fingerprint density at radius 3 is 2.43 bits per heavy atom. The molecular weight excluding hydrogens is 372 g/mol. The highest BCUT2D eigenvalue weighted by atomic mass is 32.1. The molecule has 0 unspecified atom stereocenters. The highest BCUT2D eigenvalue weighted by Crippen LogP contribution is 2.26. The van der Waals surface area contributed by atoms with E-state index in [4.69, 9.17) is 0 Å². The second kappa shape index (κ2) is 9.23. The Morgan fingerprint density at radius 2 is 1.68 bits per heavy atom. The van der Waals surface area contributed by atoms with Gasteiger partial charge in [0.25, 0.3) is 11.8 Å². The summed E-state index contributed by atoms with van der Waals surface area (Å²) < 4.78 is 0. The van der Waals surface area contributed by atoms with Crippen LogP contribution in [0.4, 0.5) is 10.8 Å². The Bertz CT molecular complexity index is 956. The zero-order valence-corrected chi connectivity index (χ0v) is 16.6. The molecule has 0 bridgehead atoms. The quantitative estimate of drug-likeness (QED) is 0.594. The predicted octanol–water partition coefficient (Wildman–Crippen LogP) is 4.95. The first kappa shape index (κ1) is 19.7. The molecule has 3 rings (SSSR count). The van der Waals surface area contributed by atoms with Gasteiger partial charge in [-0.05, 0) is 36.8 Å². The molecule has 1 aromatic heterocycles. The van der Waals surface area contributed by atoms with E-state index < -0.39 is 0 Å². The fraction of sp³-hybridized carbons (Fsp3) is 0.238. The third-order valence-corrected chi connectivity index (χ3v) is 5.29. The van der Waals surface area contributed by atoms with Gasteiger partial charge >= 0.3 is 0 Å². The van der Waals surface area contributed by atoms with Crippen LogP contribution in [-0.4, -0.2) is 22.0 Å². The molecule has 1 atom stereocenters. The van der Waals surface area contributed by atoms with E-state index >= 15 is 0 Å². The number of anilines is 2. The van der Waals surface area contributed by atoms with Crippen LogP contribution in [0, 0.1) is 0 Å². The summed E-state index contributed by atoms with van der Waals surface area (Å²) in [7, 11) is 0. The molecule has 0 aliphatic rings.